The van der Waals surface area contributed by atoms with Crippen molar-refractivity contribution in [1.82, 2.24) is 4.98 Å². The zero-order valence-corrected chi connectivity index (χ0v) is 11.0. The van der Waals surface area contributed by atoms with Gasteiger partial charge in [-0.3, -0.25) is 4.79 Å². The number of aromatic nitrogens is 1. The predicted molar refractivity (Wildman–Crippen MR) is 77.6 cm³/mol. The van der Waals surface area contributed by atoms with E-state index in [9.17, 15) is 4.79 Å². The van der Waals surface area contributed by atoms with Crippen LogP contribution in [0.5, 0.6) is 0 Å². The molecule has 0 saturated heterocycles. The molecule has 1 aliphatic heterocycles. The Morgan fingerprint density at radius 2 is 1.81 bits per heavy atom. The van der Waals surface area contributed by atoms with Gasteiger partial charge in [0.05, 0.1) is 11.6 Å². The molecule has 0 unspecified atom stereocenters. The first kappa shape index (κ1) is 11.8. The van der Waals surface area contributed by atoms with E-state index in [0.29, 0.717) is 17.0 Å². The molecule has 2 aromatic carbocycles. The van der Waals surface area contributed by atoms with E-state index in [4.69, 9.17) is 4.42 Å². The van der Waals surface area contributed by atoms with E-state index < -0.39 is 0 Å². The van der Waals surface area contributed by atoms with E-state index >= 15 is 0 Å². The molecule has 0 N–H and O–H groups in total. The highest BCUT2D eigenvalue weighted by atomic mass is 16.4. The lowest BCUT2D eigenvalue weighted by atomic mass is 10.1. The topological polar surface area (TPSA) is 55.5 Å². The second-order valence-electron chi connectivity index (χ2n) is 4.76. The highest BCUT2D eigenvalue weighted by molar-refractivity contribution is 6.06. The normalized spacial score (nSPS) is 12.7. The van der Waals surface area contributed by atoms with E-state index in [1.54, 1.807) is 6.20 Å². The Hall–Kier alpha value is -3.01. The molecule has 1 aromatic heterocycles. The van der Waals surface area contributed by atoms with Gasteiger partial charge in [-0.1, -0.05) is 18.2 Å². The molecule has 0 spiro atoms. The first-order valence-corrected chi connectivity index (χ1v) is 6.56. The molecule has 100 valence electrons. The zero-order valence-electron chi connectivity index (χ0n) is 11.0. The fourth-order valence-electron chi connectivity index (χ4n) is 2.33. The molecule has 2 heterocycles. The lowest BCUT2D eigenvalue weighted by Gasteiger charge is -1.96. The third-order valence-corrected chi connectivity index (χ3v) is 3.35. The minimum Gasteiger partial charge on any atom is -0.436 e. The minimum atomic E-state index is -0.218. The van der Waals surface area contributed by atoms with Crippen LogP contribution in [0.3, 0.4) is 0 Å². The number of fused-ring (bicyclic) bond motifs is 1. The summed E-state index contributed by atoms with van der Waals surface area (Å²) in [5.74, 6) is 1.03. The number of amides is 1. The predicted octanol–water partition coefficient (Wildman–Crippen LogP) is 1.95. The van der Waals surface area contributed by atoms with E-state index in [0.717, 1.165) is 16.3 Å². The number of hydrogen-bond donors (Lipinski definition) is 0. The molecular formula is C17H10N2O2. The molecule has 21 heavy (non-hydrogen) atoms. The standard InChI is InChI=1S/C17H10N2O2/c20-16-9-13-8-12(6-7-14(13)19-16)15-10-18-17(21-15)11-4-2-1-3-5-11/h1-10H. The van der Waals surface area contributed by atoms with Crippen LogP contribution < -0.4 is 10.6 Å². The van der Waals surface area contributed by atoms with E-state index in [2.05, 4.69) is 9.98 Å². The molecule has 0 fully saturated rings. The summed E-state index contributed by atoms with van der Waals surface area (Å²) >= 11 is 0. The fourth-order valence-corrected chi connectivity index (χ4v) is 2.33. The summed E-state index contributed by atoms with van der Waals surface area (Å²) in [4.78, 5) is 19.5. The molecule has 3 aromatic rings. The first-order chi connectivity index (χ1) is 10.3. The monoisotopic (exact) mass is 274 g/mol. The second-order valence-corrected chi connectivity index (χ2v) is 4.76. The third kappa shape index (κ3) is 2.07. The molecule has 0 aliphatic carbocycles. The Kier molecular flexibility index (Phi) is 2.54. The van der Waals surface area contributed by atoms with Crippen molar-refractivity contribution in [3.63, 3.8) is 0 Å². The van der Waals surface area contributed by atoms with Gasteiger partial charge in [-0.25, -0.2) is 9.98 Å². The van der Waals surface area contributed by atoms with Gasteiger partial charge in [0.2, 0.25) is 5.89 Å². The molecule has 0 saturated carbocycles. The Morgan fingerprint density at radius 1 is 0.952 bits per heavy atom. The lowest BCUT2D eigenvalue weighted by Crippen LogP contribution is -2.20. The number of benzene rings is 2. The van der Waals surface area contributed by atoms with Crippen molar-refractivity contribution in [2.75, 3.05) is 0 Å². The van der Waals surface area contributed by atoms with Crippen molar-refractivity contribution in [2.45, 2.75) is 0 Å². The molecule has 0 radical (unpaired) electrons. The van der Waals surface area contributed by atoms with Gasteiger partial charge in [-0.05, 0) is 30.3 Å². The Bertz CT molecular complexity index is 956. The zero-order chi connectivity index (χ0) is 14.2. The second kappa shape index (κ2) is 4.52. The van der Waals surface area contributed by atoms with Gasteiger partial charge in [0.25, 0.3) is 5.91 Å². The molecule has 1 amide bonds. The molecule has 1 aliphatic rings. The summed E-state index contributed by atoms with van der Waals surface area (Å²) in [6.07, 6.45) is 3.21. The molecule has 0 bridgehead atoms. The maximum absolute atomic E-state index is 11.3. The smallest absolute Gasteiger partial charge is 0.270 e. The van der Waals surface area contributed by atoms with Crippen molar-refractivity contribution >= 4 is 12.0 Å². The summed E-state index contributed by atoms with van der Waals surface area (Å²) in [6, 6.07) is 15.3. The van der Waals surface area contributed by atoms with Crippen LogP contribution >= 0.6 is 0 Å². The van der Waals surface area contributed by atoms with Gasteiger partial charge >= 0.3 is 0 Å². The van der Waals surface area contributed by atoms with Crippen molar-refractivity contribution in [2.24, 2.45) is 4.99 Å². The van der Waals surface area contributed by atoms with Crippen molar-refractivity contribution in [3.8, 4) is 22.8 Å². The van der Waals surface area contributed by atoms with Crippen LogP contribution in [-0.2, 0) is 4.79 Å². The van der Waals surface area contributed by atoms with Crippen molar-refractivity contribution in [3.05, 3.63) is 65.3 Å². The summed E-state index contributed by atoms with van der Waals surface area (Å²) < 4.78 is 5.80. The summed E-state index contributed by atoms with van der Waals surface area (Å²) in [5, 5.41) is 1.52. The van der Waals surface area contributed by atoms with Gasteiger partial charge in [-0.2, -0.15) is 0 Å². The van der Waals surface area contributed by atoms with E-state index in [1.165, 1.54) is 6.08 Å². The van der Waals surface area contributed by atoms with Gasteiger partial charge in [0, 0.05) is 22.4 Å². The molecule has 0 atom stereocenters. The number of carbonyl (C=O) groups is 1. The van der Waals surface area contributed by atoms with Crippen LogP contribution in [0.2, 0.25) is 0 Å². The highest BCUT2D eigenvalue weighted by Crippen LogP contribution is 2.24. The number of carbonyl (C=O) groups excluding carboxylic acids is 1. The van der Waals surface area contributed by atoms with E-state index in [1.807, 2.05) is 48.5 Å². The van der Waals surface area contributed by atoms with Crippen LogP contribution in [0.15, 0.2) is 64.1 Å². The lowest BCUT2D eigenvalue weighted by molar-refractivity contribution is -0.112. The van der Waals surface area contributed by atoms with Gasteiger partial charge in [-0.15, -0.1) is 0 Å². The fraction of sp³-hybridized carbons (Fsp3) is 0. The number of nitrogens with zero attached hydrogens (tertiary/aromatic N) is 2. The van der Waals surface area contributed by atoms with Gasteiger partial charge in [0.1, 0.15) is 0 Å². The summed E-state index contributed by atoms with van der Waals surface area (Å²) in [5.41, 5.74) is 1.81. The maximum atomic E-state index is 11.3. The number of hydrogen-bond acceptors (Lipinski definition) is 3. The number of rotatable bonds is 2. The van der Waals surface area contributed by atoms with Crippen LogP contribution in [0.25, 0.3) is 28.9 Å². The molecule has 4 nitrogen and oxygen atoms in total. The SMILES string of the molecule is O=C1C=c2cc(-c3cnc(-c4ccccc4)o3)ccc2=N1. The quantitative estimate of drug-likeness (QED) is 0.717. The highest BCUT2D eigenvalue weighted by Gasteiger charge is 2.10. The average Bonchev–Trinajstić information content (AvgIpc) is 3.12. The molecular weight excluding hydrogens is 264 g/mol. The Balaban J connectivity index is 1.78. The maximum Gasteiger partial charge on any atom is 0.270 e. The number of oxazole rings is 1. The Morgan fingerprint density at radius 3 is 2.67 bits per heavy atom. The third-order valence-electron chi connectivity index (χ3n) is 3.35. The summed E-state index contributed by atoms with van der Waals surface area (Å²) in [7, 11) is 0. The first-order valence-electron chi connectivity index (χ1n) is 6.56. The van der Waals surface area contributed by atoms with Crippen LogP contribution in [0, 0.1) is 0 Å². The Labute approximate surface area is 120 Å². The van der Waals surface area contributed by atoms with Crippen LogP contribution in [-0.4, -0.2) is 10.9 Å². The minimum absolute atomic E-state index is 0.218. The van der Waals surface area contributed by atoms with Crippen LogP contribution in [0.1, 0.15) is 0 Å². The average molecular weight is 274 g/mol. The van der Waals surface area contributed by atoms with Gasteiger partial charge < -0.3 is 4.42 Å². The molecule has 4 rings (SSSR count). The summed E-state index contributed by atoms with van der Waals surface area (Å²) in [6.45, 7) is 0. The largest absolute Gasteiger partial charge is 0.436 e. The van der Waals surface area contributed by atoms with Gasteiger partial charge in [0.15, 0.2) is 5.76 Å². The molecule has 4 heteroatoms. The van der Waals surface area contributed by atoms with Crippen molar-refractivity contribution < 1.29 is 9.21 Å². The van der Waals surface area contributed by atoms with Crippen molar-refractivity contribution in [1.29, 1.82) is 0 Å². The van der Waals surface area contributed by atoms with E-state index in [-0.39, 0.29) is 5.91 Å². The van der Waals surface area contributed by atoms with Crippen LogP contribution in [0.4, 0.5) is 0 Å².